The zero-order valence-corrected chi connectivity index (χ0v) is 65.5. The first-order valence-corrected chi connectivity index (χ1v) is 40.7. The Labute approximate surface area is 607 Å². The van der Waals surface area contributed by atoms with Gasteiger partial charge in [0, 0.05) is 108 Å². The molecule has 3 aromatic carbocycles. The predicted molar refractivity (Wildman–Crippen MR) is 406 cm³/mol. The molecule has 0 atom stereocenters. The maximum atomic E-state index is 9.96. The molecule has 15 nitrogen and oxygen atoms in total. The van der Waals surface area contributed by atoms with Gasteiger partial charge in [0.2, 0.25) is 15.9 Å². The monoisotopic (exact) mass is 1520 g/mol. The number of aliphatic hydroxyl groups is 3. The number of anilines is 3. The molecule has 92 heavy (non-hydrogen) atoms. The third-order valence-electron chi connectivity index (χ3n) is 12.1. The second-order valence-corrected chi connectivity index (χ2v) is 33.1. The average Bonchev–Trinajstić information content (AvgIpc) is 0.998. The topological polar surface area (TPSA) is 164 Å². The number of hydrogen-bond donors (Lipinski definition) is 3. The fourth-order valence-electron chi connectivity index (χ4n) is 8.54. The van der Waals surface area contributed by atoms with Gasteiger partial charge in [-0.25, -0.2) is 0 Å². The highest BCUT2D eigenvalue weighted by molar-refractivity contribution is 8.77. The Morgan fingerprint density at radius 2 is 0.630 bits per heavy atom. The van der Waals surface area contributed by atoms with Crippen molar-refractivity contribution in [3.05, 3.63) is 104 Å². The molecule has 1 heterocycles. The largest absolute Gasteiger partial charge is 0.392 e. The molecule has 0 saturated heterocycles. The van der Waals surface area contributed by atoms with Crippen molar-refractivity contribution in [2.45, 2.75) is 133 Å². The van der Waals surface area contributed by atoms with Crippen LogP contribution in [0.2, 0.25) is 15.9 Å². The van der Waals surface area contributed by atoms with Gasteiger partial charge in [-0.3, -0.25) is 4.39 Å². The van der Waals surface area contributed by atoms with E-state index in [1.165, 1.54) is 0 Å². The van der Waals surface area contributed by atoms with Gasteiger partial charge in [0.05, 0.1) is 87.8 Å². The van der Waals surface area contributed by atoms with Crippen molar-refractivity contribution in [2.24, 2.45) is 0 Å². The number of benzene rings is 3. The summed E-state index contributed by atoms with van der Waals surface area (Å²) in [6.45, 7) is 32.7. The molecule has 4 aromatic rings. The van der Waals surface area contributed by atoms with Crippen LogP contribution in [0.25, 0.3) is 0 Å². The Kier molecular flexibility index (Phi) is 54.7. The predicted octanol–water partition coefficient (Wildman–Crippen LogP) is 17.3. The van der Waals surface area contributed by atoms with E-state index >= 15 is 0 Å². The lowest BCUT2D eigenvalue weighted by atomic mass is 10.1. The molecule has 1 aromatic heterocycles. The van der Waals surface area contributed by atoms with Crippen molar-refractivity contribution in [1.82, 2.24) is 15.0 Å². The highest BCUT2D eigenvalue weighted by atomic mass is 35.5. The molecule has 530 valence electrons. The van der Waals surface area contributed by atoms with Gasteiger partial charge in [0.15, 0.2) is 0 Å². The molecule has 0 aliphatic rings. The summed E-state index contributed by atoms with van der Waals surface area (Å²) in [4.78, 5) is 17.4. The Hall–Kier alpha value is -0.520. The number of hydrogen-bond acceptors (Lipinski definition) is 21. The minimum Gasteiger partial charge on any atom is -0.392 e. The third kappa shape index (κ3) is 44.5. The molecule has 0 fully saturated rings. The van der Waals surface area contributed by atoms with Crippen LogP contribution in [0.1, 0.15) is 116 Å². The van der Waals surface area contributed by atoms with Crippen LogP contribution >= 0.6 is 134 Å². The second kappa shape index (κ2) is 56.3. The summed E-state index contributed by atoms with van der Waals surface area (Å²) < 4.78 is 49.4. The van der Waals surface area contributed by atoms with Crippen LogP contribution in [-0.4, -0.2) is 189 Å². The van der Waals surface area contributed by atoms with E-state index < -0.39 is 7.15 Å². The standard InChI is InChI=1S/C20H33Cl2NO2S2.C20H34ClNO3S2.C20H35NO4S2.C3Cl3N3.CH3F/c1-5-7-24-9-10-25-8-6-23(16-20(2,3)27-26-4)19-12-17(14-21)11-18(13-19)15-22;1-5-7-24-9-10-25-8-6-22(16-20(2,3)27-26-4)19-12-17(14-21)11-18(13-19)15-23;1-5-7-24-9-10-25-8-6-21(16-20(2,3)27-26-4)19-12-17(14-22)11-18(13-19)15-23;4-1-7-2(5)9-3(6)8-1;1-2/h11-13H,5-10,14-16H2,1-4H3;11-13,23H,5-10,14-16H2,1-4H3;11-13,22-23H,5-10,14-16H2,1-4H3;;1H3/i;;;;1D. The van der Waals surface area contributed by atoms with Gasteiger partial charge in [0.25, 0.3) is 0 Å². The Bertz CT molecular complexity index is 2170. The molecular formula is C64H105Cl6FN6O9S6. The van der Waals surface area contributed by atoms with E-state index in [0.29, 0.717) is 77.1 Å². The molecule has 0 aliphatic carbocycles. The lowest BCUT2D eigenvalue weighted by Gasteiger charge is -2.33. The molecule has 0 unspecified atom stereocenters. The van der Waals surface area contributed by atoms with Crippen molar-refractivity contribution in [2.75, 3.05) is 159 Å². The van der Waals surface area contributed by atoms with E-state index in [-0.39, 0.29) is 49.9 Å². The summed E-state index contributed by atoms with van der Waals surface area (Å²) in [6, 6.07) is 18.3. The van der Waals surface area contributed by atoms with Crippen LogP contribution in [0.15, 0.2) is 54.6 Å². The van der Waals surface area contributed by atoms with E-state index in [1.807, 2.05) is 62.7 Å². The first-order chi connectivity index (χ1) is 44.4. The third-order valence-corrected chi connectivity index (χ3v) is 21.3. The average molecular weight is 1530 g/mol. The van der Waals surface area contributed by atoms with E-state index in [2.05, 4.69) is 135 Å². The van der Waals surface area contributed by atoms with Crippen LogP contribution in [0, 0.1) is 0 Å². The molecule has 0 saturated carbocycles. The van der Waals surface area contributed by atoms with Crippen LogP contribution in [-0.2, 0) is 65.9 Å². The van der Waals surface area contributed by atoms with E-state index in [9.17, 15) is 19.7 Å². The Morgan fingerprint density at radius 1 is 0.413 bits per heavy atom. The fraction of sp³-hybridized carbons (Fsp3) is 0.672. The number of alkyl halides is 4. The molecule has 3 N–H and O–H groups in total. The number of rotatable bonds is 45. The van der Waals surface area contributed by atoms with Crippen LogP contribution in [0.3, 0.4) is 0 Å². The van der Waals surface area contributed by atoms with Gasteiger partial charge in [-0.05, 0) is 184 Å². The van der Waals surface area contributed by atoms with Crippen LogP contribution in [0.4, 0.5) is 21.5 Å². The van der Waals surface area contributed by atoms with Crippen molar-refractivity contribution < 1.29 is 49.5 Å². The smallest absolute Gasteiger partial charge is 0.227 e. The number of aromatic nitrogens is 3. The summed E-state index contributed by atoms with van der Waals surface area (Å²) in [5.74, 6) is 1.41. The van der Waals surface area contributed by atoms with Gasteiger partial charge < -0.3 is 58.4 Å². The zero-order valence-electron chi connectivity index (χ0n) is 57.1. The van der Waals surface area contributed by atoms with Crippen molar-refractivity contribution in [1.29, 1.82) is 0 Å². The number of aliphatic hydroxyl groups excluding tert-OH is 3. The molecule has 4 rings (SSSR count). The van der Waals surface area contributed by atoms with Gasteiger partial charge >= 0.3 is 0 Å². The van der Waals surface area contributed by atoms with Gasteiger partial charge in [0.1, 0.15) is 0 Å². The number of ether oxygens (including phenoxy) is 6. The zero-order chi connectivity index (χ0) is 69.9. The summed E-state index contributed by atoms with van der Waals surface area (Å²) >= 11 is 34.2. The van der Waals surface area contributed by atoms with E-state index in [0.717, 1.165) is 129 Å². The quantitative estimate of drug-likeness (QED) is 0.0217. The van der Waals surface area contributed by atoms with Gasteiger partial charge in [-0.15, -0.1) is 34.8 Å². The lowest BCUT2D eigenvalue weighted by molar-refractivity contribution is 0.0505. The van der Waals surface area contributed by atoms with Crippen LogP contribution < -0.4 is 14.7 Å². The second-order valence-electron chi connectivity index (χ2n) is 22.0. The molecule has 0 amide bonds. The van der Waals surface area contributed by atoms with Crippen molar-refractivity contribution in [3.63, 3.8) is 0 Å². The molecule has 0 aliphatic heterocycles. The SMILES string of the molecule is CCCOCCOCCN(CC(C)(C)SSC)c1cc(CCl)cc(CCl)c1.CCCOCCOCCN(CC(C)(C)SSC)c1cc(CO)cc(CCl)c1.CCCOCCOCCN(CC(C)(C)SSC)c1cc(CO)cc(CO)c1.Clc1nc(Cl)nc(Cl)n1.[2H]CF. The molecule has 0 radical (unpaired) electrons. The van der Waals surface area contributed by atoms with Crippen molar-refractivity contribution in [3.8, 4) is 0 Å². The minimum absolute atomic E-state index is 0.000000000000000444. The number of halogens is 7. The fourth-order valence-corrected chi connectivity index (χ4v) is 16.1. The normalized spacial score (nSPS) is 11.5. The Balaban J connectivity index is 0.00000125. The van der Waals surface area contributed by atoms with Crippen molar-refractivity contribution >= 4 is 151 Å². The first-order valence-electron chi connectivity index (χ1n) is 31.0. The number of nitrogens with zero attached hydrogens (tertiary/aromatic N) is 6. The summed E-state index contributed by atoms with van der Waals surface area (Å²) in [5.41, 5.74) is 8.97. The van der Waals surface area contributed by atoms with Gasteiger partial charge in [-0.2, -0.15) is 15.0 Å². The van der Waals surface area contributed by atoms with E-state index in [4.69, 9.17) is 99.4 Å². The maximum Gasteiger partial charge on any atom is 0.227 e. The lowest BCUT2D eigenvalue weighted by Crippen LogP contribution is -2.38. The summed E-state index contributed by atoms with van der Waals surface area (Å²) in [5, 5.41) is 28.7. The van der Waals surface area contributed by atoms with Gasteiger partial charge in [-0.1, -0.05) is 104 Å². The highest BCUT2D eigenvalue weighted by Gasteiger charge is 2.26. The molecule has 28 heteroatoms. The molecule has 0 bridgehead atoms. The summed E-state index contributed by atoms with van der Waals surface area (Å²) in [7, 11) is 9.95. The van der Waals surface area contributed by atoms with Crippen LogP contribution in [0.5, 0.6) is 0 Å². The maximum absolute atomic E-state index is 9.96. The minimum atomic E-state index is -1.00. The Morgan fingerprint density at radius 3 is 0.848 bits per heavy atom. The molecular weight excluding hydrogens is 1420 g/mol. The summed E-state index contributed by atoms with van der Waals surface area (Å²) in [6.07, 6.45) is 9.40. The van der Waals surface area contributed by atoms with E-state index in [1.54, 1.807) is 32.4 Å². The molecule has 0 spiro atoms. The first kappa shape index (κ1) is 89.5. The highest BCUT2D eigenvalue weighted by Crippen LogP contribution is 2.38.